The highest BCUT2D eigenvalue weighted by Gasteiger charge is 2.47. The average Bonchev–Trinajstić information content (AvgIpc) is 3.49. The second-order valence-electron chi connectivity index (χ2n) is 8.65. The molecular formula is C23H23ClN6OS. The Labute approximate surface area is 195 Å². The lowest BCUT2D eigenvalue weighted by Gasteiger charge is -2.25. The number of aliphatic hydroxyl groups is 1. The van der Waals surface area contributed by atoms with E-state index in [9.17, 15) is 5.11 Å². The zero-order chi connectivity index (χ0) is 22.5. The molecule has 1 fully saturated rings. The largest absolute Gasteiger partial charge is 0.371 e. The maximum absolute atomic E-state index is 10.7. The highest BCUT2D eigenvalue weighted by molar-refractivity contribution is 7.09. The number of nitrogens with two attached hydrogens (primary N) is 1. The number of likely N-dealkylation sites (tertiary alicyclic amines) is 1. The van der Waals surface area contributed by atoms with Crippen LogP contribution in [0.25, 0.3) is 0 Å². The smallest absolute Gasteiger partial charge is 0.222 e. The number of anilines is 3. The van der Waals surface area contributed by atoms with Crippen LogP contribution in [0.15, 0.2) is 36.0 Å². The van der Waals surface area contributed by atoms with Crippen LogP contribution in [0.3, 0.4) is 0 Å². The van der Waals surface area contributed by atoms with E-state index < -0.39 is 5.60 Å². The van der Waals surface area contributed by atoms with E-state index in [1.807, 2.05) is 17.5 Å². The highest BCUT2D eigenvalue weighted by Crippen LogP contribution is 2.49. The second kappa shape index (κ2) is 7.71. The Morgan fingerprint density at radius 1 is 1.31 bits per heavy atom. The van der Waals surface area contributed by atoms with E-state index in [4.69, 9.17) is 17.3 Å². The molecule has 7 nitrogen and oxygen atoms in total. The van der Waals surface area contributed by atoms with Crippen LogP contribution in [0.1, 0.15) is 29.5 Å². The van der Waals surface area contributed by atoms with Crippen LogP contribution in [-0.4, -0.2) is 51.6 Å². The molecule has 5 rings (SSSR count). The molecule has 1 aromatic carbocycles. The SMILES string of the molecule is CN1CCC2(C1)CN(c1nc(N)ncc1Cl)c1cc(C#C[C@](C)(O)c3nccs3)ccc12. The number of hydrogen-bond acceptors (Lipinski definition) is 8. The summed E-state index contributed by atoms with van der Waals surface area (Å²) in [5.41, 5.74) is 7.63. The molecule has 164 valence electrons. The molecule has 0 amide bonds. The first kappa shape index (κ1) is 21.2. The van der Waals surface area contributed by atoms with Gasteiger partial charge in [0.05, 0.1) is 6.20 Å². The Balaban J connectivity index is 1.58. The van der Waals surface area contributed by atoms with Crippen LogP contribution < -0.4 is 10.6 Å². The lowest BCUT2D eigenvalue weighted by atomic mass is 9.81. The van der Waals surface area contributed by atoms with Crippen LogP contribution in [-0.2, 0) is 11.0 Å². The number of benzene rings is 1. The number of thiazole rings is 1. The number of nitrogen functional groups attached to an aromatic ring is 1. The number of halogens is 1. The maximum atomic E-state index is 10.7. The van der Waals surface area contributed by atoms with E-state index in [-0.39, 0.29) is 11.4 Å². The Kier molecular flexibility index (Phi) is 5.10. The Hall–Kier alpha value is -2.70. The zero-order valence-electron chi connectivity index (χ0n) is 17.8. The maximum Gasteiger partial charge on any atom is 0.222 e. The van der Waals surface area contributed by atoms with Gasteiger partial charge >= 0.3 is 0 Å². The summed E-state index contributed by atoms with van der Waals surface area (Å²) in [6.45, 7) is 4.41. The molecule has 0 radical (unpaired) electrons. The summed E-state index contributed by atoms with van der Waals surface area (Å²) in [6, 6.07) is 6.21. The fraction of sp³-hybridized carbons (Fsp3) is 0.348. The lowest BCUT2D eigenvalue weighted by Crippen LogP contribution is -2.34. The number of aromatic nitrogens is 3. The van der Waals surface area contributed by atoms with Crippen molar-refractivity contribution in [3.8, 4) is 11.8 Å². The molecule has 1 saturated heterocycles. The highest BCUT2D eigenvalue weighted by atomic mass is 35.5. The van der Waals surface area contributed by atoms with Gasteiger partial charge in [0.1, 0.15) is 10.0 Å². The lowest BCUT2D eigenvalue weighted by molar-refractivity contribution is 0.122. The van der Waals surface area contributed by atoms with E-state index in [0.29, 0.717) is 15.8 Å². The molecule has 9 heteroatoms. The Morgan fingerprint density at radius 2 is 2.16 bits per heavy atom. The predicted octanol–water partition coefficient (Wildman–Crippen LogP) is 3.15. The minimum Gasteiger partial charge on any atom is -0.371 e. The fourth-order valence-electron chi connectivity index (χ4n) is 4.64. The molecule has 3 aromatic rings. The third-order valence-electron chi connectivity index (χ3n) is 6.16. The summed E-state index contributed by atoms with van der Waals surface area (Å²) < 4.78 is 0. The van der Waals surface area contributed by atoms with Gasteiger partial charge in [-0.15, -0.1) is 11.3 Å². The molecule has 0 saturated carbocycles. The molecule has 2 atom stereocenters. The van der Waals surface area contributed by atoms with Crippen molar-refractivity contribution in [1.82, 2.24) is 19.9 Å². The van der Waals surface area contributed by atoms with Gasteiger partial charge in [-0.1, -0.05) is 29.5 Å². The minimum atomic E-state index is -1.31. The van der Waals surface area contributed by atoms with Crippen LogP contribution in [0, 0.1) is 11.8 Å². The minimum absolute atomic E-state index is 0.00847. The summed E-state index contributed by atoms with van der Waals surface area (Å²) in [4.78, 5) is 17.1. The molecule has 3 N–H and O–H groups in total. The van der Waals surface area contributed by atoms with Gasteiger partial charge in [-0.3, -0.25) is 0 Å². The molecule has 2 aromatic heterocycles. The van der Waals surface area contributed by atoms with Gasteiger partial charge in [-0.05, 0) is 44.6 Å². The summed E-state index contributed by atoms with van der Waals surface area (Å²) in [7, 11) is 2.15. The molecule has 32 heavy (non-hydrogen) atoms. The first-order valence-corrected chi connectivity index (χ1v) is 11.6. The van der Waals surface area contributed by atoms with Crippen LogP contribution >= 0.6 is 22.9 Å². The first-order valence-electron chi connectivity index (χ1n) is 10.3. The predicted molar refractivity (Wildman–Crippen MR) is 127 cm³/mol. The van der Waals surface area contributed by atoms with Gasteiger partial charge in [0.2, 0.25) is 5.95 Å². The van der Waals surface area contributed by atoms with Crippen molar-refractivity contribution in [1.29, 1.82) is 0 Å². The quantitative estimate of drug-likeness (QED) is 0.560. The average molecular weight is 467 g/mol. The van der Waals surface area contributed by atoms with E-state index in [1.165, 1.54) is 16.9 Å². The third-order valence-corrected chi connectivity index (χ3v) is 7.41. The monoisotopic (exact) mass is 466 g/mol. The van der Waals surface area contributed by atoms with Crippen molar-refractivity contribution in [3.63, 3.8) is 0 Å². The van der Waals surface area contributed by atoms with Gasteiger partial charge < -0.3 is 20.6 Å². The molecule has 2 aliphatic heterocycles. The zero-order valence-corrected chi connectivity index (χ0v) is 19.4. The van der Waals surface area contributed by atoms with E-state index in [1.54, 1.807) is 19.3 Å². The number of nitrogens with zero attached hydrogens (tertiary/aromatic N) is 5. The second-order valence-corrected chi connectivity index (χ2v) is 9.95. The van der Waals surface area contributed by atoms with E-state index in [0.717, 1.165) is 37.3 Å². The van der Waals surface area contributed by atoms with Crippen molar-refractivity contribution >= 4 is 40.4 Å². The van der Waals surface area contributed by atoms with Crippen LogP contribution in [0.4, 0.5) is 17.5 Å². The first-order chi connectivity index (χ1) is 15.3. The molecule has 2 aliphatic rings. The standard InChI is InChI=1S/C23H23ClN6OS/c1-22(31,20-26-8-10-32-20)6-5-15-3-4-16-18(11-15)30(14-23(16)7-9-29(2)13-23)19-17(24)12-27-21(25)28-19/h3-4,8,10-12,31H,7,9,13-14H2,1-2H3,(H2,25,27,28)/t22-,23?/m0/s1. The molecule has 4 heterocycles. The Bertz CT molecular complexity index is 1240. The number of hydrogen-bond donors (Lipinski definition) is 2. The molecule has 1 spiro atoms. The summed E-state index contributed by atoms with van der Waals surface area (Å²) in [5, 5.41) is 13.6. The van der Waals surface area contributed by atoms with Gasteiger partial charge in [-0.25, -0.2) is 9.97 Å². The topological polar surface area (TPSA) is 91.4 Å². The van der Waals surface area contributed by atoms with Gasteiger partial charge in [0.15, 0.2) is 11.4 Å². The van der Waals surface area contributed by atoms with Crippen molar-refractivity contribution in [2.45, 2.75) is 24.4 Å². The normalized spacial score (nSPS) is 21.9. The van der Waals surface area contributed by atoms with Crippen molar-refractivity contribution < 1.29 is 5.11 Å². The van der Waals surface area contributed by atoms with E-state index in [2.05, 4.69) is 49.7 Å². The van der Waals surface area contributed by atoms with Crippen LogP contribution in [0.5, 0.6) is 0 Å². The summed E-state index contributed by atoms with van der Waals surface area (Å²) in [6.07, 6.45) is 4.26. The molecule has 0 aliphatic carbocycles. The Morgan fingerprint density at radius 3 is 2.88 bits per heavy atom. The third kappa shape index (κ3) is 3.61. The number of fused-ring (bicyclic) bond motifs is 2. The van der Waals surface area contributed by atoms with Gasteiger partial charge in [-0.2, -0.15) is 4.98 Å². The van der Waals surface area contributed by atoms with Crippen LogP contribution in [0.2, 0.25) is 5.02 Å². The van der Waals surface area contributed by atoms with Gasteiger partial charge in [0.25, 0.3) is 0 Å². The fourth-order valence-corrected chi connectivity index (χ4v) is 5.49. The van der Waals surface area contributed by atoms with Crippen molar-refractivity contribution in [2.75, 3.05) is 37.3 Å². The van der Waals surface area contributed by atoms with Crippen molar-refractivity contribution in [2.24, 2.45) is 0 Å². The van der Waals surface area contributed by atoms with Crippen molar-refractivity contribution in [3.05, 3.63) is 57.1 Å². The summed E-state index contributed by atoms with van der Waals surface area (Å²) in [5.74, 6) is 6.88. The number of likely N-dealkylation sites (N-methyl/N-ethyl adjacent to an activating group) is 1. The molecular weight excluding hydrogens is 444 g/mol. The molecule has 0 bridgehead atoms. The molecule has 1 unspecified atom stereocenters. The van der Waals surface area contributed by atoms with E-state index >= 15 is 0 Å². The number of rotatable bonds is 2. The van der Waals surface area contributed by atoms with Gasteiger partial charge in [0, 0.05) is 41.3 Å². The summed E-state index contributed by atoms with van der Waals surface area (Å²) >= 11 is 7.87.